The van der Waals surface area contributed by atoms with Crippen molar-refractivity contribution in [2.75, 3.05) is 5.75 Å². The van der Waals surface area contributed by atoms with Crippen LogP contribution in [-0.4, -0.2) is 16.8 Å². The largest absolute Gasteiger partial charge is 0.324 e. The maximum atomic E-state index is 5.78. The first-order valence-electron chi connectivity index (χ1n) is 4.82. The van der Waals surface area contributed by atoms with Crippen LogP contribution in [0.15, 0.2) is 41.6 Å². The van der Waals surface area contributed by atoms with Crippen molar-refractivity contribution in [3.8, 4) is 0 Å². The molecule has 0 saturated heterocycles. The van der Waals surface area contributed by atoms with Crippen molar-refractivity contribution in [2.45, 2.75) is 17.5 Å². The zero-order chi connectivity index (χ0) is 9.80. The first-order valence-corrected chi connectivity index (χ1v) is 5.81. The van der Waals surface area contributed by atoms with Gasteiger partial charge in [0.1, 0.15) is 0 Å². The summed E-state index contributed by atoms with van der Waals surface area (Å²) in [6, 6.07) is 6.27. The predicted molar refractivity (Wildman–Crippen MR) is 60.2 cm³/mol. The first kappa shape index (κ1) is 9.74. The maximum absolute atomic E-state index is 5.78. The van der Waals surface area contributed by atoms with Crippen LogP contribution in [0.1, 0.15) is 6.42 Å². The lowest BCUT2D eigenvalue weighted by atomic mass is 10.1. The second kappa shape index (κ2) is 4.62. The molecule has 1 aliphatic carbocycles. The number of hydrogen-bond acceptors (Lipinski definition) is 3. The molecule has 1 aromatic rings. The Hall–Kier alpha value is -0.800. The van der Waals surface area contributed by atoms with Crippen molar-refractivity contribution in [3.05, 3.63) is 36.5 Å². The van der Waals surface area contributed by atoms with Crippen LogP contribution >= 0.6 is 11.8 Å². The standard InChI is InChI=1S/C11H14N2S/c12-10-5-4-9(7-10)8-14-11-3-1-2-6-13-11/h1-6,9-10H,7-8,12H2/t9-,10+/m1/s1. The number of rotatable bonds is 3. The fourth-order valence-corrected chi connectivity index (χ4v) is 2.50. The van der Waals surface area contributed by atoms with Gasteiger partial charge < -0.3 is 5.73 Å². The molecule has 1 aliphatic rings. The van der Waals surface area contributed by atoms with Crippen LogP contribution in [0.3, 0.4) is 0 Å². The molecule has 0 saturated carbocycles. The number of hydrogen-bond donors (Lipinski definition) is 1. The minimum Gasteiger partial charge on any atom is -0.324 e. The van der Waals surface area contributed by atoms with E-state index in [1.807, 2.05) is 24.4 Å². The molecule has 0 amide bonds. The number of aromatic nitrogens is 1. The average molecular weight is 206 g/mol. The molecular weight excluding hydrogens is 192 g/mol. The third-order valence-electron chi connectivity index (χ3n) is 2.29. The number of nitrogens with zero attached hydrogens (tertiary/aromatic N) is 1. The van der Waals surface area contributed by atoms with Crippen molar-refractivity contribution >= 4 is 11.8 Å². The van der Waals surface area contributed by atoms with E-state index >= 15 is 0 Å². The van der Waals surface area contributed by atoms with Gasteiger partial charge in [-0.15, -0.1) is 11.8 Å². The van der Waals surface area contributed by atoms with Gasteiger partial charge in [0.2, 0.25) is 0 Å². The molecule has 1 aromatic heterocycles. The van der Waals surface area contributed by atoms with Crippen LogP contribution in [0.2, 0.25) is 0 Å². The van der Waals surface area contributed by atoms with Gasteiger partial charge in [-0.1, -0.05) is 18.2 Å². The van der Waals surface area contributed by atoms with Crippen molar-refractivity contribution < 1.29 is 0 Å². The monoisotopic (exact) mass is 206 g/mol. The summed E-state index contributed by atoms with van der Waals surface area (Å²) in [6.07, 6.45) is 7.24. The van der Waals surface area contributed by atoms with Gasteiger partial charge >= 0.3 is 0 Å². The normalized spacial score (nSPS) is 25.5. The molecule has 0 radical (unpaired) electrons. The quantitative estimate of drug-likeness (QED) is 0.608. The minimum absolute atomic E-state index is 0.268. The van der Waals surface area contributed by atoms with E-state index in [4.69, 9.17) is 5.73 Å². The molecular formula is C11H14N2S. The smallest absolute Gasteiger partial charge is 0.0959 e. The number of allylic oxidation sites excluding steroid dienone is 1. The van der Waals surface area contributed by atoms with Crippen molar-refractivity contribution in [2.24, 2.45) is 11.7 Å². The molecule has 1 heterocycles. The molecule has 0 spiro atoms. The lowest BCUT2D eigenvalue weighted by Crippen LogP contribution is -2.15. The van der Waals surface area contributed by atoms with Gasteiger partial charge in [0.25, 0.3) is 0 Å². The molecule has 0 bridgehead atoms. The fraction of sp³-hybridized carbons (Fsp3) is 0.364. The van der Waals surface area contributed by atoms with Gasteiger partial charge in [-0.3, -0.25) is 0 Å². The highest BCUT2D eigenvalue weighted by atomic mass is 32.2. The van der Waals surface area contributed by atoms with Gasteiger partial charge in [0.15, 0.2) is 0 Å². The summed E-state index contributed by atoms with van der Waals surface area (Å²) in [4.78, 5) is 4.27. The van der Waals surface area contributed by atoms with Crippen LogP contribution < -0.4 is 5.73 Å². The summed E-state index contributed by atoms with van der Waals surface area (Å²) in [5, 5.41) is 1.10. The van der Waals surface area contributed by atoms with Crippen LogP contribution in [0.5, 0.6) is 0 Å². The van der Waals surface area contributed by atoms with Crippen LogP contribution in [0, 0.1) is 5.92 Å². The molecule has 14 heavy (non-hydrogen) atoms. The lowest BCUT2D eigenvalue weighted by molar-refractivity contribution is 0.648. The Morgan fingerprint density at radius 2 is 2.36 bits per heavy atom. The summed E-state index contributed by atoms with van der Waals surface area (Å²) in [5.41, 5.74) is 5.78. The van der Waals surface area contributed by atoms with Crippen LogP contribution in [0.4, 0.5) is 0 Å². The van der Waals surface area contributed by atoms with E-state index < -0.39 is 0 Å². The molecule has 0 fully saturated rings. The molecule has 0 aromatic carbocycles. The second-order valence-corrected chi connectivity index (χ2v) is 4.56. The predicted octanol–water partition coefficient (Wildman–Crippen LogP) is 2.08. The van der Waals surface area contributed by atoms with Gasteiger partial charge in [0, 0.05) is 18.0 Å². The summed E-state index contributed by atoms with van der Waals surface area (Å²) in [7, 11) is 0. The van der Waals surface area contributed by atoms with Gasteiger partial charge in [-0.2, -0.15) is 0 Å². The Labute approximate surface area is 88.6 Å². The third-order valence-corrected chi connectivity index (χ3v) is 3.42. The average Bonchev–Trinajstić information content (AvgIpc) is 2.63. The molecule has 0 unspecified atom stereocenters. The molecule has 74 valence electrons. The molecule has 2 atom stereocenters. The van der Waals surface area contributed by atoms with E-state index in [-0.39, 0.29) is 6.04 Å². The SMILES string of the molecule is N[C@H]1C=C[C@@H](CSc2ccccn2)C1. The Morgan fingerprint density at radius 1 is 1.43 bits per heavy atom. The van der Waals surface area contributed by atoms with E-state index in [2.05, 4.69) is 17.1 Å². The number of nitrogens with two attached hydrogens (primary N) is 1. The van der Waals surface area contributed by atoms with Crippen molar-refractivity contribution in [3.63, 3.8) is 0 Å². The fourth-order valence-electron chi connectivity index (χ4n) is 1.56. The van der Waals surface area contributed by atoms with Gasteiger partial charge in [0.05, 0.1) is 5.03 Å². The summed E-state index contributed by atoms with van der Waals surface area (Å²) in [6.45, 7) is 0. The first-order chi connectivity index (χ1) is 6.84. The Balaban J connectivity index is 1.81. The number of pyridine rings is 1. The summed E-state index contributed by atoms with van der Waals surface area (Å²) >= 11 is 1.80. The van der Waals surface area contributed by atoms with E-state index in [9.17, 15) is 0 Å². The molecule has 0 aliphatic heterocycles. The Kier molecular flexibility index (Phi) is 3.22. The van der Waals surface area contributed by atoms with Crippen LogP contribution in [0.25, 0.3) is 0 Å². The zero-order valence-electron chi connectivity index (χ0n) is 7.97. The summed E-state index contributed by atoms with van der Waals surface area (Å²) < 4.78 is 0. The molecule has 2 N–H and O–H groups in total. The highest BCUT2D eigenvalue weighted by Gasteiger charge is 2.15. The highest BCUT2D eigenvalue weighted by molar-refractivity contribution is 7.99. The molecule has 2 rings (SSSR count). The minimum atomic E-state index is 0.268. The summed E-state index contributed by atoms with van der Waals surface area (Å²) in [5.74, 6) is 1.71. The van der Waals surface area contributed by atoms with Gasteiger partial charge in [-0.25, -0.2) is 4.98 Å². The zero-order valence-corrected chi connectivity index (χ0v) is 8.78. The maximum Gasteiger partial charge on any atom is 0.0959 e. The Morgan fingerprint density at radius 3 is 3.00 bits per heavy atom. The highest BCUT2D eigenvalue weighted by Crippen LogP contribution is 2.24. The topological polar surface area (TPSA) is 38.9 Å². The van der Waals surface area contributed by atoms with E-state index in [0.29, 0.717) is 5.92 Å². The van der Waals surface area contributed by atoms with Crippen molar-refractivity contribution in [1.82, 2.24) is 4.98 Å². The number of thioether (sulfide) groups is 1. The lowest BCUT2D eigenvalue weighted by Gasteiger charge is -2.07. The third kappa shape index (κ3) is 2.59. The van der Waals surface area contributed by atoms with E-state index in [1.54, 1.807) is 11.8 Å². The van der Waals surface area contributed by atoms with Crippen molar-refractivity contribution in [1.29, 1.82) is 0 Å². The van der Waals surface area contributed by atoms with Crippen LogP contribution in [-0.2, 0) is 0 Å². The molecule has 2 nitrogen and oxygen atoms in total. The van der Waals surface area contributed by atoms with Gasteiger partial charge in [-0.05, 0) is 24.5 Å². The molecule has 3 heteroatoms. The van der Waals surface area contributed by atoms with E-state index in [1.165, 1.54) is 0 Å². The Bertz CT molecular complexity index is 310. The van der Waals surface area contributed by atoms with E-state index in [0.717, 1.165) is 17.2 Å². The second-order valence-electron chi connectivity index (χ2n) is 3.52.